The van der Waals surface area contributed by atoms with Gasteiger partial charge in [-0.25, -0.2) is 13.2 Å². The fourth-order valence-corrected chi connectivity index (χ4v) is 4.45. The van der Waals surface area contributed by atoms with Crippen molar-refractivity contribution in [3.05, 3.63) is 48.5 Å². The lowest BCUT2D eigenvalue weighted by molar-refractivity contribution is -0.116. The van der Waals surface area contributed by atoms with Crippen molar-refractivity contribution >= 4 is 33.3 Å². The topological polar surface area (TPSA) is 117 Å². The smallest absolute Gasteiger partial charge is 0.319 e. The summed E-state index contributed by atoms with van der Waals surface area (Å²) >= 11 is 0. The predicted octanol–water partition coefficient (Wildman–Crippen LogP) is 3.27. The Kier molecular flexibility index (Phi) is 9.48. The van der Waals surface area contributed by atoms with E-state index in [1.807, 2.05) is 6.07 Å². The van der Waals surface area contributed by atoms with E-state index in [4.69, 9.17) is 4.74 Å². The molecule has 0 fully saturated rings. The number of carbonyl (C=O) groups excluding carboxylic acids is 2. The molecule has 9 nitrogen and oxygen atoms in total. The van der Waals surface area contributed by atoms with Gasteiger partial charge in [0.15, 0.2) is 0 Å². The number of amides is 3. The molecule has 0 spiro atoms. The fourth-order valence-electron chi connectivity index (χ4n) is 2.96. The van der Waals surface area contributed by atoms with Crippen molar-refractivity contribution < 1.29 is 22.7 Å². The van der Waals surface area contributed by atoms with Crippen molar-refractivity contribution in [3.63, 3.8) is 0 Å². The first-order valence-electron chi connectivity index (χ1n) is 10.5. The van der Waals surface area contributed by atoms with Crippen LogP contribution in [-0.2, 0) is 14.8 Å². The van der Waals surface area contributed by atoms with Gasteiger partial charge in [-0.2, -0.15) is 4.31 Å². The lowest BCUT2D eigenvalue weighted by atomic mass is 10.2. The van der Waals surface area contributed by atoms with E-state index in [9.17, 15) is 18.0 Å². The lowest BCUT2D eigenvalue weighted by Crippen LogP contribution is -2.31. The second-order valence-corrected chi connectivity index (χ2v) is 8.66. The third kappa shape index (κ3) is 6.96. The number of benzene rings is 2. The number of rotatable bonds is 11. The number of nitrogens with zero attached hydrogens (tertiary/aromatic N) is 1. The molecule has 0 bridgehead atoms. The van der Waals surface area contributed by atoms with Crippen LogP contribution in [-0.4, -0.2) is 50.9 Å². The number of para-hydroxylation sites is 1. The van der Waals surface area contributed by atoms with Gasteiger partial charge in [-0.05, 0) is 37.3 Å². The lowest BCUT2D eigenvalue weighted by Gasteiger charge is -2.20. The van der Waals surface area contributed by atoms with Crippen LogP contribution in [0, 0.1) is 0 Å². The van der Waals surface area contributed by atoms with Gasteiger partial charge in [-0.1, -0.05) is 32.0 Å². The first-order chi connectivity index (χ1) is 15.3. The van der Waals surface area contributed by atoms with Crippen molar-refractivity contribution in [3.8, 4) is 5.75 Å². The van der Waals surface area contributed by atoms with E-state index >= 15 is 0 Å². The van der Waals surface area contributed by atoms with Crippen LogP contribution >= 0.6 is 0 Å². The monoisotopic (exact) mass is 462 g/mol. The highest BCUT2D eigenvalue weighted by Gasteiger charge is 2.23. The Balaban J connectivity index is 2.03. The van der Waals surface area contributed by atoms with Gasteiger partial charge in [0.25, 0.3) is 0 Å². The summed E-state index contributed by atoms with van der Waals surface area (Å²) in [6.45, 7) is 6.45. The minimum absolute atomic E-state index is 0.000791. The summed E-state index contributed by atoms with van der Waals surface area (Å²) in [6.07, 6.45) is 0.000791. The Morgan fingerprint density at radius 1 is 0.969 bits per heavy atom. The molecule has 0 heterocycles. The SMILES string of the molecule is CCOc1ccc(S(=O)(=O)N(CC)CC)cc1NC(=O)CCNC(=O)Nc1ccccc1. The predicted molar refractivity (Wildman–Crippen MR) is 124 cm³/mol. The number of anilines is 2. The van der Waals surface area contributed by atoms with Gasteiger partial charge in [-0.3, -0.25) is 4.79 Å². The number of ether oxygens (including phenoxy) is 1. The quantitative estimate of drug-likeness (QED) is 0.474. The zero-order valence-electron chi connectivity index (χ0n) is 18.6. The number of hydrogen-bond acceptors (Lipinski definition) is 5. The number of urea groups is 1. The maximum absolute atomic E-state index is 12.8. The van der Waals surface area contributed by atoms with Crippen LogP contribution in [0.25, 0.3) is 0 Å². The Bertz CT molecular complexity index is 1010. The third-order valence-electron chi connectivity index (χ3n) is 4.54. The summed E-state index contributed by atoms with van der Waals surface area (Å²) < 4.78 is 32.5. The highest BCUT2D eigenvalue weighted by molar-refractivity contribution is 7.89. The Morgan fingerprint density at radius 3 is 2.28 bits per heavy atom. The Hall–Kier alpha value is -3.11. The molecular formula is C22H30N4O5S. The summed E-state index contributed by atoms with van der Waals surface area (Å²) in [6, 6.07) is 12.9. The molecule has 3 N–H and O–H groups in total. The molecule has 0 aliphatic rings. The molecular weight excluding hydrogens is 432 g/mol. The van der Waals surface area contributed by atoms with Crippen LogP contribution < -0.4 is 20.7 Å². The molecule has 0 aromatic heterocycles. The minimum Gasteiger partial charge on any atom is -0.492 e. The standard InChI is InChI=1S/C22H30N4O5S/c1-4-26(5-2)32(29,30)18-12-13-20(31-6-3)19(16-18)25-21(27)14-15-23-22(28)24-17-10-8-7-9-11-17/h7-13,16H,4-6,14-15H2,1-3H3,(H,25,27)(H2,23,24,28). The van der Waals surface area contributed by atoms with Gasteiger partial charge in [-0.15, -0.1) is 0 Å². The summed E-state index contributed by atoms with van der Waals surface area (Å²) in [5.41, 5.74) is 0.904. The molecule has 0 atom stereocenters. The van der Waals surface area contributed by atoms with E-state index in [0.717, 1.165) is 0 Å². The van der Waals surface area contributed by atoms with Crippen LogP contribution in [0.2, 0.25) is 0 Å². The van der Waals surface area contributed by atoms with Crippen molar-refractivity contribution in [2.45, 2.75) is 32.1 Å². The van der Waals surface area contributed by atoms with E-state index in [2.05, 4.69) is 16.0 Å². The Labute approximate surface area is 189 Å². The average Bonchev–Trinajstić information content (AvgIpc) is 2.76. The molecule has 0 saturated carbocycles. The molecule has 0 aliphatic heterocycles. The average molecular weight is 463 g/mol. The van der Waals surface area contributed by atoms with Crippen LogP contribution in [0.4, 0.5) is 16.2 Å². The molecule has 2 aromatic rings. The summed E-state index contributed by atoms with van der Waals surface area (Å²) in [5.74, 6) is -0.0162. The molecule has 0 saturated heterocycles. The second-order valence-electron chi connectivity index (χ2n) is 6.73. The third-order valence-corrected chi connectivity index (χ3v) is 6.58. The highest BCUT2D eigenvalue weighted by Crippen LogP contribution is 2.29. The number of sulfonamides is 1. The van der Waals surface area contributed by atoms with Gasteiger partial charge in [0.2, 0.25) is 15.9 Å². The highest BCUT2D eigenvalue weighted by atomic mass is 32.2. The number of nitrogens with one attached hydrogen (secondary N) is 3. The molecule has 3 amide bonds. The molecule has 2 rings (SSSR count). The van der Waals surface area contributed by atoms with Crippen LogP contribution in [0.5, 0.6) is 5.75 Å². The minimum atomic E-state index is -3.69. The van der Waals surface area contributed by atoms with Crippen LogP contribution in [0.3, 0.4) is 0 Å². The van der Waals surface area contributed by atoms with Gasteiger partial charge >= 0.3 is 6.03 Å². The largest absolute Gasteiger partial charge is 0.492 e. The van der Waals surface area contributed by atoms with E-state index in [0.29, 0.717) is 31.1 Å². The molecule has 32 heavy (non-hydrogen) atoms. The molecule has 0 aliphatic carbocycles. The molecule has 0 radical (unpaired) electrons. The summed E-state index contributed by atoms with van der Waals surface area (Å²) in [5, 5.41) is 7.96. The van der Waals surface area contributed by atoms with Crippen molar-refractivity contribution in [2.24, 2.45) is 0 Å². The van der Waals surface area contributed by atoms with Crippen molar-refractivity contribution in [1.29, 1.82) is 0 Å². The van der Waals surface area contributed by atoms with Crippen molar-refractivity contribution in [2.75, 3.05) is 36.9 Å². The summed E-state index contributed by atoms with van der Waals surface area (Å²) in [7, 11) is -3.69. The second kappa shape index (κ2) is 12.1. The molecule has 10 heteroatoms. The van der Waals surface area contributed by atoms with Crippen LogP contribution in [0.1, 0.15) is 27.2 Å². The molecule has 174 valence electrons. The van der Waals surface area contributed by atoms with Gasteiger partial charge in [0, 0.05) is 31.7 Å². The van der Waals surface area contributed by atoms with Gasteiger partial charge in [0.05, 0.1) is 17.2 Å². The van der Waals surface area contributed by atoms with Crippen LogP contribution in [0.15, 0.2) is 53.4 Å². The first-order valence-corrected chi connectivity index (χ1v) is 11.9. The number of carbonyl (C=O) groups is 2. The Morgan fingerprint density at radius 2 is 1.66 bits per heavy atom. The van der Waals surface area contributed by atoms with E-state index in [1.54, 1.807) is 45.0 Å². The van der Waals surface area contributed by atoms with E-state index < -0.39 is 16.1 Å². The zero-order chi connectivity index (χ0) is 23.6. The zero-order valence-corrected chi connectivity index (χ0v) is 19.4. The van der Waals surface area contributed by atoms with Gasteiger partial charge < -0.3 is 20.7 Å². The maximum Gasteiger partial charge on any atom is 0.319 e. The summed E-state index contributed by atoms with van der Waals surface area (Å²) in [4.78, 5) is 24.4. The van der Waals surface area contributed by atoms with Gasteiger partial charge in [0.1, 0.15) is 5.75 Å². The molecule has 0 unspecified atom stereocenters. The number of hydrogen-bond donors (Lipinski definition) is 3. The van der Waals surface area contributed by atoms with E-state index in [-0.39, 0.29) is 29.5 Å². The normalized spacial score (nSPS) is 11.1. The molecule has 2 aromatic carbocycles. The van der Waals surface area contributed by atoms with Crippen molar-refractivity contribution in [1.82, 2.24) is 9.62 Å². The van der Waals surface area contributed by atoms with E-state index in [1.165, 1.54) is 22.5 Å². The fraction of sp³-hybridized carbons (Fsp3) is 0.364. The maximum atomic E-state index is 12.8. The first kappa shape index (κ1) is 25.2.